The number of carbonyl (C=O) groups is 1. The normalized spacial score (nSPS) is 11.2. The Bertz CT molecular complexity index is 388. The van der Waals surface area contributed by atoms with Gasteiger partial charge in [-0.05, 0) is 23.1 Å². The molecule has 3 nitrogen and oxygen atoms in total. The molecule has 18 heavy (non-hydrogen) atoms. The lowest BCUT2D eigenvalue weighted by Crippen LogP contribution is -2.27. The Labute approximate surface area is 110 Å². The molecule has 0 aromatic heterocycles. The average Bonchev–Trinajstić information content (AvgIpc) is 2.24. The first-order valence-corrected chi connectivity index (χ1v) is 6.31. The van der Waals surface area contributed by atoms with Crippen LogP contribution in [0.5, 0.6) is 0 Å². The van der Waals surface area contributed by atoms with Gasteiger partial charge in [-0.15, -0.1) is 0 Å². The van der Waals surface area contributed by atoms with Crippen LogP contribution in [-0.4, -0.2) is 20.0 Å². The molecule has 0 radical (unpaired) electrons. The molecule has 0 saturated carbocycles. The van der Waals surface area contributed by atoms with Crippen molar-refractivity contribution in [2.24, 2.45) is 5.41 Å². The minimum absolute atomic E-state index is 0.0405. The van der Waals surface area contributed by atoms with Crippen molar-refractivity contribution in [3.63, 3.8) is 0 Å². The molecule has 1 aromatic carbocycles. The molecule has 0 heterocycles. The third-order valence-corrected chi connectivity index (χ3v) is 2.63. The molecular formula is C15H24N2O. The van der Waals surface area contributed by atoms with Crippen molar-refractivity contribution >= 4 is 11.6 Å². The van der Waals surface area contributed by atoms with Crippen molar-refractivity contribution in [3.8, 4) is 0 Å². The van der Waals surface area contributed by atoms with Gasteiger partial charge >= 0.3 is 0 Å². The van der Waals surface area contributed by atoms with Gasteiger partial charge in [-0.3, -0.25) is 4.79 Å². The molecule has 0 bridgehead atoms. The zero-order valence-corrected chi connectivity index (χ0v) is 12.1. The van der Waals surface area contributed by atoms with Crippen LogP contribution in [0.4, 0.5) is 5.69 Å². The maximum Gasteiger partial charge on any atom is 0.220 e. The maximum atomic E-state index is 11.7. The van der Waals surface area contributed by atoms with Gasteiger partial charge in [-0.2, -0.15) is 0 Å². The maximum absolute atomic E-state index is 11.7. The predicted molar refractivity (Wildman–Crippen MR) is 76.7 cm³/mol. The Morgan fingerprint density at radius 3 is 2.17 bits per heavy atom. The molecule has 0 spiro atoms. The standard InChI is InChI=1S/C15H24N2O/c1-15(2,3)10-14(18)16-11-12-6-8-13(9-7-12)17(4)5/h6-9H,10-11H2,1-5H3,(H,16,18). The molecule has 1 N–H and O–H groups in total. The summed E-state index contributed by atoms with van der Waals surface area (Å²) in [5.41, 5.74) is 2.33. The van der Waals surface area contributed by atoms with E-state index in [0.29, 0.717) is 13.0 Å². The van der Waals surface area contributed by atoms with Crippen LogP contribution in [0.3, 0.4) is 0 Å². The van der Waals surface area contributed by atoms with Crippen molar-refractivity contribution < 1.29 is 4.79 Å². The van der Waals surface area contributed by atoms with Crippen LogP contribution in [0.15, 0.2) is 24.3 Å². The van der Waals surface area contributed by atoms with Gasteiger partial charge in [0.15, 0.2) is 0 Å². The number of anilines is 1. The van der Waals surface area contributed by atoms with Gasteiger partial charge in [0, 0.05) is 32.7 Å². The van der Waals surface area contributed by atoms with Crippen LogP contribution in [-0.2, 0) is 11.3 Å². The van der Waals surface area contributed by atoms with E-state index in [9.17, 15) is 4.79 Å². The summed E-state index contributed by atoms with van der Waals surface area (Å²) < 4.78 is 0. The van der Waals surface area contributed by atoms with Gasteiger partial charge in [-0.1, -0.05) is 32.9 Å². The van der Waals surface area contributed by atoms with Crippen LogP contribution >= 0.6 is 0 Å². The minimum Gasteiger partial charge on any atom is -0.378 e. The number of rotatable bonds is 4. The van der Waals surface area contributed by atoms with E-state index in [4.69, 9.17) is 0 Å². The summed E-state index contributed by atoms with van der Waals surface area (Å²) in [5.74, 6) is 0.110. The fourth-order valence-corrected chi connectivity index (χ4v) is 1.66. The molecule has 0 fully saturated rings. The zero-order valence-electron chi connectivity index (χ0n) is 12.1. The van der Waals surface area contributed by atoms with Gasteiger partial charge in [0.1, 0.15) is 0 Å². The number of hydrogen-bond donors (Lipinski definition) is 1. The molecule has 0 aliphatic carbocycles. The summed E-state index contributed by atoms with van der Waals surface area (Å²) in [6.45, 7) is 6.80. The van der Waals surface area contributed by atoms with E-state index in [2.05, 4.69) is 43.1 Å². The second-order valence-corrected chi connectivity index (χ2v) is 6.08. The molecule has 0 aliphatic heterocycles. The summed E-state index contributed by atoms with van der Waals surface area (Å²) in [4.78, 5) is 13.7. The third kappa shape index (κ3) is 5.21. The van der Waals surface area contributed by atoms with E-state index >= 15 is 0 Å². The monoisotopic (exact) mass is 248 g/mol. The Kier molecular flexibility index (Phi) is 4.76. The topological polar surface area (TPSA) is 32.3 Å². The summed E-state index contributed by atoms with van der Waals surface area (Å²) in [6, 6.07) is 8.22. The zero-order chi connectivity index (χ0) is 13.8. The van der Waals surface area contributed by atoms with Crippen molar-refractivity contribution in [3.05, 3.63) is 29.8 Å². The van der Waals surface area contributed by atoms with Crippen LogP contribution in [0.2, 0.25) is 0 Å². The summed E-state index contributed by atoms with van der Waals surface area (Å²) in [7, 11) is 4.03. The molecule has 100 valence electrons. The second-order valence-electron chi connectivity index (χ2n) is 6.08. The highest BCUT2D eigenvalue weighted by Gasteiger charge is 2.15. The van der Waals surface area contributed by atoms with Crippen LogP contribution in [0.1, 0.15) is 32.8 Å². The highest BCUT2D eigenvalue weighted by molar-refractivity contribution is 5.76. The number of nitrogens with zero attached hydrogens (tertiary/aromatic N) is 1. The van der Waals surface area contributed by atoms with E-state index < -0.39 is 0 Å². The molecule has 0 atom stereocenters. The van der Waals surface area contributed by atoms with E-state index in [1.54, 1.807) is 0 Å². The fraction of sp³-hybridized carbons (Fsp3) is 0.533. The first kappa shape index (κ1) is 14.6. The summed E-state index contributed by atoms with van der Waals surface area (Å²) in [5, 5.41) is 2.95. The molecule has 3 heteroatoms. The first-order chi connectivity index (χ1) is 8.28. The van der Waals surface area contributed by atoms with Gasteiger partial charge < -0.3 is 10.2 Å². The lowest BCUT2D eigenvalue weighted by Gasteiger charge is -2.17. The number of carbonyl (C=O) groups excluding carboxylic acids is 1. The first-order valence-electron chi connectivity index (χ1n) is 6.31. The van der Waals surface area contributed by atoms with E-state index in [1.165, 1.54) is 5.69 Å². The molecule has 1 amide bonds. The van der Waals surface area contributed by atoms with Gasteiger partial charge in [-0.25, -0.2) is 0 Å². The lowest BCUT2D eigenvalue weighted by atomic mass is 9.92. The van der Waals surface area contributed by atoms with E-state index in [-0.39, 0.29) is 11.3 Å². The fourth-order valence-electron chi connectivity index (χ4n) is 1.66. The molecule has 0 aliphatic rings. The van der Waals surface area contributed by atoms with Gasteiger partial charge in [0.25, 0.3) is 0 Å². The van der Waals surface area contributed by atoms with Crippen molar-refractivity contribution in [2.45, 2.75) is 33.7 Å². The van der Waals surface area contributed by atoms with Crippen molar-refractivity contribution in [1.29, 1.82) is 0 Å². The highest BCUT2D eigenvalue weighted by Crippen LogP contribution is 2.18. The van der Waals surface area contributed by atoms with Gasteiger partial charge in [0.2, 0.25) is 5.91 Å². The SMILES string of the molecule is CN(C)c1ccc(CNC(=O)CC(C)(C)C)cc1. The summed E-state index contributed by atoms with van der Waals surface area (Å²) >= 11 is 0. The number of hydrogen-bond acceptors (Lipinski definition) is 2. The van der Waals surface area contributed by atoms with E-state index in [1.807, 2.05) is 26.2 Å². The van der Waals surface area contributed by atoms with Crippen molar-refractivity contribution in [2.75, 3.05) is 19.0 Å². The number of amides is 1. The van der Waals surface area contributed by atoms with Crippen molar-refractivity contribution in [1.82, 2.24) is 5.32 Å². The lowest BCUT2D eigenvalue weighted by molar-refractivity contribution is -0.122. The smallest absolute Gasteiger partial charge is 0.220 e. The number of benzene rings is 1. The molecular weight excluding hydrogens is 224 g/mol. The highest BCUT2D eigenvalue weighted by atomic mass is 16.1. The van der Waals surface area contributed by atoms with Crippen LogP contribution in [0.25, 0.3) is 0 Å². The van der Waals surface area contributed by atoms with Gasteiger partial charge in [0.05, 0.1) is 0 Å². The predicted octanol–water partition coefficient (Wildman–Crippen LogP) is 2.81. The summed E-state index contributed by atoms with van der Waals surface area (Å²) in [6.07, 6.45) is 0.558. The molecule has 0 unspecified atom stereocenters. The average molecular weight is 248 g/mol. The Hall–Kier alpha value is -1.51. The minimum atomic E-state index is 0.0405. The van der Waals surface area contributed by atoms with E-state index in [0.717, 1.165) is 5.56 Å². The molecule has 1 aromatic rings. The molecule has 0 saturated heterocycles. The van der Waals surface area contributed by atoms with Crippen LogP contribution < -0.4 is 10.2 Å². The van der Waals surface area contributed by atoms with Crippen LogP contribution in [0, 0.1) is 5.41 Å². The Balaban J connectivity index is 2.46. The Morgan fingerprint density at radius 2 is 1.72 bits per heavy atom. The Morgan fingerprint density at radius 1 is 1.17 bits per heavy atom. The molecule has 1 rings (SSSR count). The number of nitrogens with one attached hydrogen (secondary N) is 1. The largest absolute Gasteiger partial charge is 0.378 e. The quantitative estimate of drug-likeness (QED) is 0.888. The third-order valence-electron chi connectivity index (χ3n) is 2.63. The second kappa shape index (κ2) is 5.89.